The predicted molar refractivity (Wildman–Crippen MR) is 105 cm³/mol. The van der Waals surface area contributed by atoms with Crippen LogP contribution in [0.25, 0.3) is 0 Å². The first-order valence-electron chi connectivity index (χ1n) is 9.81. The van der Waals surface area contributed by atoms with Crippen LogP contribution in [0.5, 0.6) is 0 Å². The van der Waals surface area contributed by atoms with Gasteiger partial charge in [0.1, 0.15) is 18.8 Å². The van der Waals surface area contributed by atoms with E-state index in [0.29, 0.717) is 0 Å². The summed E-state index contributed by atoms with van der Waals surface area (Å²) < 4.78 is 30.8. The van der Waals surface area contributed by atoms with E-state index in [1.807, 2.05) is 0 Å². The fourth-order valence-electron chi connectivity index (χ4n) is 2.95. The lowest BCUT2D eigenvalue weighted by Crippen LogP contribution is -2.67. The molecule has 2 amide bonds. The minimum absolute atomic E-state index is 0.448. The van der Waals surface area contributed by atoms with Gasteiger partial charge < -0.3 is 39.1 Å². The first-order valence-corrected chi connectivity index (χ1v) is 9.81. The van der Waals surface area contributed by atoms with Crippen molar-refractivity contribution in [1.29, 1.82) is 0 Å². The summed E-state index contributed by atoms with van der Waals surface area (Å²) in [5, 5.41) is 4.64. The second-order valence-electron chi connectivity index (χ2n) is 6.98. The molecule has 1 aliphatic rings. The lowest BCUT2D eigenvalue weighted by Gasteiger charge is -2.44. The Morgan fingerprint density at radius 3 is 1.82 bits per heavy atom. The van der Waals surface area contributed by atoms with E-state index in [0.717, 1.165) is 34.8 Å². The number of esters is 5. The number of ether oxygens (including phenoxy) is 6. The van der Waals surface area contributed by atoms with Gasteiger partial charge in [-0.25, -0.2) is 9.59 Å². The van der Waals surface area contributed by atoms with Crippen LogP contribution >= 0.6 is 0 Å². The van der Waals surface area contributed by atoms with Gasteiger partial charge in [0.25, 0.3) is 0 Å². The fraction of sp³-hybridized carbons (Fsp3) is 0.684. The maximum atomic E-state index is 12.4. The molecule has 2 N–H and O–H groups in total. The van der Waals surface area contributed by atoms with Gasteiger partial charge in [-0.3, -0.25) is 19.2 Å². The summed E-state index contributed by atoms with van der Waals surface area (Å²) in [4.78, 5) is 70.4. The Bertz CT molecular complexity index is 770. The van der Waals surface area contributed by atoms with Crippen molar-refractivity contribution in [3.05, 3.63) is 0 Å². The Morgan fingerprint density at radius 1 is 0.818 bits per heavy atom. The van der Waals surface area contributed by atoms with Crippen molar-refractivity contribution in [1.82, 2.24) is 10.6 Å². The van der Waals surface area contributed by atoms with E-state index in [-0.39, 0.29) is 0 Å². The zero-order valence-electron chi connectivity index (χ0n) is 19.1. The van der Waals surface area contributed by atoms with Gasteiger partial charge in [0.2, 0.25) is 0 Å². The normalized spacial score (nSPS) is 25.0. The van der Waals surface area contributed by atoms with Crippen LogP contribution in [0.3, 0.4) is 0 Å². The number of nitrogens with one attached hydrogen (secondary N) is 2. The van der Waals surface area contributed by atoms with Crippen LogP contribution in [-0.2, 0) is 52.4 Å². The summed E-state index contributed by atoms with van der Waals surface area (Å²) in [6.45, 7) is 5.26. The predicted octanol–water partition coefficient (Wildman–Crippen LogP) is -1.07. The fourth-order valence-corrected chi connectivity index (χ4v) is 2.95. The molecule has 0 aliphatic carbocycles. The second-order valence-corrected chi connectivity index (χ2v) is 6.98. The van der Waals surface area contributed by atoms with Crippen molar-refractivity contribution in [2.45, 2.75) is 71.3 Å². The number of hydrogen-bond donors (Lipinski definition) is 2. The Labute approximate surface area is 189 Å². The van der Waals surface area contributed by atoms with E-state index >= 15 is 0 Å². The number of urea groups is 1. The average molecular weight is 476 g/mol. The highest BCUT2D eigenvalue weighted by atomic mass is 16.7. The van der Waals surface area contributed by atoms with Crippen LogP contribution in [0.4, 0.5) is 4.79 Å². The number of rotatable bonds is 8. The average Bonchev–Trinajstić information content (AvgIpc) is 2.69. The van der Waals surface area contributed by atoms with Crippen LogP contribution in [0.15, 0.2) is 0 Å². The van der Waals surface area contributed by atoms with Gasteiger partial charge in [0, 0.05) is 27.7 Å². The molecule has 1 aliphatic heterocycles. The van der Waals surface area contributed by atoms with Gasteiger partial charge >= 0.3 is 35.9 Å². The van der Waals surface area contributed by atoms with Crippen molar-refractivity contribution in [2.75, 3.05) is 13.7 Å². The minimum Gasteiger partial charge on any atom is -0.467 e. The van der Waals surface area contributed by atoms with Crippen LogP contribution in [-0.4, -0.2) is 86.3 Å². The van der Waals surface area contributed by atoms with Gasteiger partial charge in [-0.1, -0.05) is 0 Å². The summed E-state index contributed by atoms with van der Waals surface area (Å²) in [7, 11) is 1.14. The van der Waals surface area contributed by atoms with Crippen LogP contribution < -0.4 is 10.6 Å². The molecule has 6 atom stereocenters. The topological polar surface area (TPSA) is 182 Å². The van der Waals surface area contributed by atoms with Crippen molar-refractivity contribution in [3.8, 4) is 0 Å². The van der Waals surface area contributed by atoms with Gasteiger partial charge in [-0.05, 0) is 6.92 Å². The third-order valence-electron chi connectivity index (χ3n) is 4.17. The molecule has 0 bridgehead atoms. The van der Waals surface area contributed by atoms with Gasteiger partial charge in [-0.15, -0.1) is 0 Å². The van der Waals surface area contributed by atoms with E-state index in [4.69, 9.17) is 23.7 Å². The summed E-state index contributed by atoms with van der Waals surface area (Å²) in [6.07, 6.45) is -6.95. The summed E-state index contributed by atoms with van der Waals surface area (Å²) in [6, 6.07) is -1.96. The standard InChI is InChI=1S/C19H28N2O12/c1-8(18(26)28-6)20-19(27)21-17-16(32-12(5)25)15(31-11(4)24)14(30-10(3)23)13(33-17)7-29-9(2)22/h8,13-17H,7H2,1-6H3,(H2,20,21,27)/t8-,13?,14-,15+,16?,17-/m1/s1. The highest BCUT2D eigenvalue weighted by molar-refractivity contribution is 5.83. The van der Waals surface area contributed by atoms with E-state index in [1.54, 1.807) is 0 Å². The third-order valence-corrected chi connectivity index (χ3v) is 4.17. The Morgan fingerprint density at radius 2 is 1.33 bits per heavy atom. The summed E-state index contributed by atoms with van der Waals surface area (Å²) >= 11 is 0. The molecular formula is C19H28N2O12. The molecule has 0 radical (unpaired) electrons. The number of amides is 2. The molecule has 186 valence electrons. The van der Waals surface area contributed by atoms with Crippen molar-refractivity contribution in [2.24, 2.45) is 0 Å². The lowest BCUT2D eigenvalue weighted by atomic mass is 9.97. The number of hydrogen-bond acceptors (Lipinski definition) is 12. The summed E-state index contributed by atoms with van der Waals surface area (Å²) in [5.41, 5.74) is 0. The number of carbonyl (C=O) groups is 6. The minimum atomic E-state index is -1.47. The van der Waals surface area contributed by atoms with E-state index in [2.05, 4.69) is 15.4 Å². The second kappa shape index (κ2) is 12.6. The molecule has 0 aromatic rings. The van der Waals surface area contributed by atoms with E-state index < -0.39 is 79.2 Å². The maximum absolute atomic E-state index is 12.4. The van der Waals surface area contributed by atoms with Gasteiger partial charge in [0.05, 0.1) is 7.11 Å². The van der Waals surface area contributed by atoms with Gasteiger partial charge in [-0.2, -0.15) is 0 Å². The highest BCUT2D eigenvalue weighted by Gasteiger charge is 2.52. The molecule has 0 saturated carbocycles. The molecule has 0 aromatic heterocycles. The van der Waals surface area contributed by atoms with E-state index in [1.165, 1.54) is 6.92 Å². The first kappa shape index (κ1) is 27.6. The number of methoxy groups -OCH3 is 1. The summed E-state index contributed by atoms with van der Waals surface area (Å²) in [5.74, 6) is -3.83. The first-order chi connectivity index (χ1) is 15.3. The molecule has 1 rings (SSSR count). The SMILES string of the molecule is COC(=O)[C@@H](C)NC(=O)N[C@@H]1OC(COC(C)=O)[C@@H](OC(C)=O)[C@H](OC(C)=O)C1OC(C)=O. The third kappa shape index (κ3) is 8.92. The number of carbonyl (C=O) groups excluding carboxylic acids is 6. The quantitative estimate of drug-likeness (QED) is 0.320. The molecule has 1 heterocycles. The largest absolute Gasteiger partial charge is 0.467 e. The molecule has 0 aromatic carbocycles. The maximum Gasteiger partial charge on any atom is 0.328 e. The molecular weight excluding hydrogens is 448 g/mol. The smallest absolute Gasteiger partial charge is 0.328 e. The van der Waals surface area contributed by atoms with Crippen molar-refractivity contribution in [3.63, 3.8) is 0 Å². The van der Waals surface area contributed by atoms with E-state index in [9.17, 15) is 28.8 Å². The molecule has 14 nitrogen and oxygen atoms in total. The zero-order chi connectivity index (χ0) is 25.3. The van der Waals surface area contributed by atoms with Crippen molar-refractivity contribution < 1.29 is 57.2 Å². The Kier molecular flexibility index (Phi) is 10.5. The van der Waals surface area contributed by atoms with Crippen LogP contribution in [0.2, 0.25) is 0 Å². The molecule has 14 heteroatoms. The Balaban J connectivity index is 3.28. The molecule has 0 spiro atoms. The highest BCUT2D eigenvalue weighted by Crippen LogP contribution is 2.28. The molecule has 33 heavy (non-hydrogen) atoms. The van der Waals surface area contributed by atoms with Gasteiger partial charge in [0.15, 0.2) is 24.5 Å². The zero-order valence-corrected chi connectivity index (χ0v) is 19.1. The molecule has 1 fully saturated rings. The van der Waals surface area contributed by atoms with Crippen LogP contribution in [0.1, 0.15) is 34.6 Å². The Hall–Kier alpha value is -3.42. The molecule has 1 saturated heterocycles. The molecule has 2 unspecified atom stereocenters. The lowest BCUT2D eigenvalue weighted by molar-refractivity contribution is -0.255. The monoisotopic (exact) mass is 476 g/mol. The van der Waals surface area contributed by atoms with Crippen LogP contribution in [0, 0.1) is 0 Å². The van der Waals surface area contributed by atoms with Crippen molar-refractivity contribution >= 4 is 35.9 Å².